The molecule has 0 spiro atoms. The largest absolute Gasteiger partial charge is 0.507 e. The van der Waals surface area contributed by atoms with E-state index in [1.54, 1.807) is 36.0 Å². The lowest BCUT2D eigenvalue weighted by Gasteiger charge is -2.10. The van der Waals surface area contributed by atoms with Crippen LogP contribution in [0.1, 0.15) is 15.9 Å². The number of aromatic hydroxyl groups is 2. The highest BCUT2D eigenvalue weighted by Gasteiger charge is 2.19. The number of ether oxygens (including phenoxy) is 1. The standard InChI is InChI=1S/C22H21NO5S/c24-19-12-18(21(26)17-9-5-4-8-16(17)19)22(27)28-13-20(25)23-10-11-29-14-15-6-2-1-3-7-15/h1-9,12,24,26H,10-11,13-14H2,(H,23,25). The zero-order valence-corrected chi connectivity index (χ0v) is 16.4. The van der Waals surface area contributed by atoms with E-state index in [1.807, 2.05) is 30.3 Å². The number of thioether (sulfide) groups is 1. The molecule has 3 rings (SSSR count). The van der Waals surface area contributed by atoms with Gasteiger partial charge in [0.15, 0.2) is 6.61 Å². The number of nitrogens with one attached hydrogen (secondary N) is 1. The molecule has 3 N–H and O–H groups in total. The van der Waals surface area contributed by atoms with E-state index in [1.165, 1.54) is 5.56 Å². The van der Waals surface area contributed by atoms with E-state index in [9.17, 15) is 19.8 Å². The van der Waals surface area contributed by atoms with E-state index in [2.05, 4.69) is 5.32 Å². The van der Waals surface area contributed by atoms with Gasteiger partial charge in [-0.2, -0.15) is 11.8 Å². The van der Waals surface area contributed by atoms with Crippen LogP contribution in [0.15, 0.2) is 60.7 Å². The molecule has 0 bridgehead atoms. The van der Waals surface area contributed by atoms with Gasteiger partial charge in [-0.15, -0.1) is 0 Å². The first-order valence-corrected chi connectivity index (χ1v) is 10.2. The van der Waals surface area contributed by atoms with E-state index in [0.717, 1.165) is 17.6 Å². The van der Waals surface area contributed by atoms with Crippen LogP contribution in [0.5, 0.6) is 11.5 Å². The molecule has 0 radical (unpaired) electrons. The number of esters is 1. The van der Waals surface area contributed by atoms with Crippen molar-refractivity contribution in [3.63, 3.8) is 0 Å². The summed E-state index contributed by atoms with van der Waals surface area (Å²) >= 11 is 1.69. The van der Waals surface area contributed by atoms with Crippen LogP contribution in [0.4, 0.5) is 0 Å². The van der Waals surface area contributed by atoms with Crippen molar-refractivity contribution in [2.24, 2.45) is 0 Å². The van der Waals surface area contributed by atoms with Crippen LogP contribution < -0.4 is 5.32 Å². The number of fused-ring (bicyclic) bond motifs is 1. The molecule has 0 heterocycles. The smallest absolute Gasteiger partial charge is 0.342 e. The Hall–Kier alpha value is -3.19. The summed E-state index contributed by atoms with van der Waals surface area (Å²) in [4.78, 5) is 24.1. The molecule has 0 fully saturated rings. The fourth-order valence-electron chi connectivity index (χ4n) is 2.78. The number of hydrogen-bond donors (Lipinski definition) is 3. The molecule has 0 aliphatic rings. The summed E-state index contributed by atoms with van der Waals surface area (Å²) in [6.45, 7) is -0.00882. The highest BCUT2D eigenvalue weighted by atomic mass is 32.2. The van der Waals surface area contributed by atoms with Crippen LogP contribution in [-0.2, 0) is 15.3 Å². The molecular weight excluding hydrogens is 390 g/mol. The minimum absolute atomic E-state index is 0.148. The normalized spacial score (nSPS) is 10.6. The van der Waals surface area contributed by atoms with Gasteiger partial charge < -0.3 is 20.3 Å². The maximum absolute atomic E-state index is 12.2. The lowest BCUT2D eigenvalue weighted by atomic mass is 10.0. The zero-order valence-electron chi connectivity index (χ0n) is 15.6. The van der Waals surface area contributed by atoms with Crippen LogP contribution in [0.2, 0.25) is 0 Å². The van der Waals surface area contributed by atoms with Gasteiger partial charge in [-0.3, -0.25) is 4.79 Å². The fourth-order valence-corrected chi connectivity index (χ4v) is 3.60. The number of phenols is 2. The van der Waals surface area contributed by atoms with E-state index < -0.39 is 18.5 Å². The second kappa shape index (κ2) is 9.84. The third-order valence-electron chi connectivity index (χ3n) is 4.23. The molecule has 3 aromatic carbocycles. The van der Waals surface area contributed by atoms with Gasteiger partial charge in [0.25, 0.3) is 5.91 Å². The summed E-state index contributed by atoms with van der Waals surface area (Å²) in [5.41, 5.74) is 1.03. The van der Waals surface area contributed by atoms with Crippen molar-refractivity contribution in [2.45, 2.75) is 5.75 Å². The van der Waals surface area contributed by atoms with Crippen molar-refractivity contribution < 1.29 is 24.5 Å². The molecule has 0 aliphatic carbocycles. The first-order chi connectivity index (χ1) is 14.1. The maximum Gasteiger partial charge on any atom is 0.342 e. The van der Waals surface area contributed by atoms with Crippen molar-refractivity contribution in [1.82, 2.24) is 5.32 Å². The van der Waals surface area contributed by atoms with E-state index in [0.29, 0.717) is 17.3 Å². The topological polar surface area (TPSA) is 95.9 Å². The Morgan fingerprint density at radius 3 is 2.41 bits per heavy atom. The molecule has 1 amide bonds. The van der Waals surface area contributed by atoms with Gasteiger partial charge >= 0.3 is 5.97 Å². The molecule has 6 nitrogen and oxygen atoms in total. The quantitative estimate of drug-likeness (QED) is 0.298. The van der Waals surface area contributed by atoms with Crippen molar-refractivity contribution in [3.8, 4) is 11.5 Å². The predicted molar refractivity (Wildman–Crippen MR) is 113 cm³/mol. The number of carbonyl (C=O) groups is 2. The van der Waals surface area contributed by atoms with Crippen molar-refractivity contribution in [3.05, 3.63) is 71.8 Å². The van der Waals surface area contributed by atoms with Crippen LogP contribution in [0, 0.1) is 0 Å². The van der Waals surface area contributed by atoms with Crippen LogP contribution in [0.3, 0.4) is 0 Å². The van der Waals surface area contributed by atoms with Gasteiger partial charge in [-0.1, -0.05) is 54.6 Å². The number of rotatable bonds is 8. The van der Waals surface area contributed by atoms with Gasteiger partial charge in [0.2, 0.25) is 0 Å². The SMILES string of the molecule is O=C(COC(=O)c1cc(O)c2ccccc2c1O)NCCSCc1ccccc1. The molecule has 150 valence electrons. The fraction of sp³-hybridized carbons (Fsp3) is 0.182. The number of benzene rings is 3. The third-order valence-corrected chi connectivity index (χ3v) is 5.26. The van der Waals surface area contributed by atoms with Crippen LogP contribution in [0.25, 0.3) is 10.8 Å². The lowest BCUT2D eigenvalue weighted by Crippen LogP contribution is -2.30. The highest BCUT2D eigenvalue weighted by Crippen LogP contribution is 2.35. The maximum atomic E-state index is 12.2. The van der Waals surface area contributed by atoms with E-state index in [-0.39, 0.29) is 17.1 Å². The van der Waals surface area contributed by atoms with Crippen molar-refractivity contribution in [2.75, 3.05) is 18.9 Å². The van der Waals surface area contributed by atoms with Gasteiger partial charge in [0.1, 0.15) is 17.1 Å². The van der Waals surface area contributed by atoms with Gasteiger partial charge in [-0.25, -0.2) is 4.79 Å². The summed E-state index contributed by atoms with van der Waals surface area (Å²) in [7, 11) is 0. The second-order valence-corrected chi connectivity index (χ2v) is 7.41. The Labute approximate surface area is 172 Å². The average molecular weight is 411 g/mol. The van der Waals surface area contributed by atoms with Gasteiger partial charge in [0, 0.05) is 28.8 Å². The van der Waals surface area contributed by atoms with Gasteiger partial charge in [0.05, 0.1) is 0 Å². The molecule has 29 heavy (non-hydrogen) atoms. The number of hydrogen-bond acceptors (Lipinski definition) is 6. The second-order valence-electron chi connectivity index (χ2n) is 6.30. The number of phenolic OH excluding ortho intramolecular Hbond substituents is 2. The van der Waals surface area contributed by atoms with E-state index in [4.69, 9.17) is 4.74 Å². The molecule has 0 unspecified atom stereocenters. The molecule has 0 saturated carbocycles. The summed E-state index contributed by atoms with van der Waals surface area (Å²) < 4.78 is 4.97. The number of amides is 1. The third kappa shape index (κ3) is 5.42. The van der Waals surface area contributed by atoms with Crippen LogP contribution >= 0.6 is 11.8 Å². The average Bonchev–Trinajstić information content (AvgIpc) is 2.75. The molecule has 0 aliphatic heterocycles. The van der Waals surface area contributed by atoms with Crippen molar-refractivity contribution in [1.29, 1.82) is 0 Å². The monoisotopic (exact) mass is 411 g/mol. The first kappa shape index (κ1) is 20.5. The molecule has 7 heteroatoms. The minimum atomic E-state index is -0.878. The highest BCUT2D eigenvalue weighted by molar-refractivity contribution is 7.98. The van der Waals surface area contributed by atoms with Crippen LogP contribution in [-0.4, -0.2) is 41.0 Å². The minimum Gasteiger partial charge on any atom is -0.507 e. The Morgan fingerprint density at radius 1 is 0.966 bits per heavy atom. The Bertz CT molecular complexity index is 1010. The summed E-state index contributed by atoms with van der Waals surface area (Å²) in [6, 6.07) is 17.8. The van der Waals surface area contributed by atoms with Gasteiger partial charge in [-0.05, 0) is 11.6 Å². The summed E-state index contributed by atoms with van der Waals surface area (Å²) in [5.74, 6) is -0.156. The molecular formula is C22H21NO5S. The zero-order chi connectivity index (χ0) is 20.6. The molecule has 3 aromatic rings. The Kier molecular flexibility index (Phi) is 6.97. The Morgan fingerprint density at radius 2 is 1.66 bits per heavy atom. The first-order valence-electron chi connectivity index (χ1n) is 9.05. The summed E-state index contributed by atoms with van der Waals surface area (Å²) in [6.07, 6.45) is 0. The molecule has 0 saturated heterocycles. The van der Waals surface area contributed by atoms with E-state index >= 15 is 0 Å². The molecule has 0 aromatic heterocycles. The number of carbonyl (C=O) groups excluding carboxylic acids is 2. The Balaban J connectivity index is 1.45. The predicted octanol–water partition coefficient (Wildman–Crippen LogP) is 3.46. The molecule has 0 atom stereocenters. The summed E-state index contributed by atoms with van der Waals surface area (Å²) in [5, 5.41) is 23.8. The van der Waals surface area contributed by atoms with Crippen molar-refractivity contribution >= 4 is 34.4 Å². The lowest BCUT2D eigenvalue weighted by molar-refractivity contribution is -0.124.